The monoisotopic (exact) mass is 372 g/mol. The molecule has 0 N–H and O–H groups in total. The summed E-state index contributed by atoms with van der Waals surface area (Å²) < 4.78 is 5.63. The molecule has 2 heterocycles. The van der Waals surface area contributed by atoms with Gasteiger partial charge in [-0.15, -0.1) is 0 Å². The van der Waals surface area contributed by atoms with Crippen molar-refractivity contribution in [3.8, 4) is 0 Å². The summed E-state index contributed by atoms with van der Waals surface area (Å²) in [6.07, 6.45) is 0.662. The first-order valence-corrected chi connectivity index (χ1v) is 9.14. The Labute approximate surface area is 153 Å². The predicted molar refractivity (Wildman–Crippen MR) is 96.2 cm³/mol. The van der Waals surface area contributed by atoms with Crippen molar-refractivity contribution in [2.75, 3.05) is 12.3 Å². The number of hydrogen-bond acceptors (Lipinski definition) is 5. The minimum atomic E-state index is -0.220. The number of fused-ring (bicyclic) bond motifs is 2. The van der Waals surface area contributed by atoms with Crippen LogP contribution in [0.4, 0.5) is 0 Å². The van der Waals surface area contributed by atoms with Crippen LogP contribution in [0.5, 0.6) is 0 Å². The fourth-order valence-electron chi connectivity index (χ4n) is 2.77. The summed E-state index contributed by atoms with van der Waals surface area (Å²) in [5.74, 6) is 0.248. The highest BCUT2D eigenvalue weighted by atomic mass is 35.5. The van der Waals surface area contributed by atoms with Crippen molar-refractivity contribution >= 4 is 46.3 Å². The van der Waals surface area contributed by atoms with Crippen LogP contribution in [0, 0.1) is 0 Å². The van der Waals surface area contributed by atoms with Crippen LogP contribution < -0.4 is 0 Å². The maximum absolute atomic E-state index is 12.3. The van der Waals surface area contributed by atoms with Crippen molar-refractivity contribution < 1.29 is 14.0 Å². The molecule has 0 spiro atoms. The normalized spacial score (nSPS) is 13.7. The zero-order valence-electron chi connectivity index (χ0n) is 13.1. The van der Waals surface area contributed by atoms with Crippen LogP contribution in [0.15, 0.2) is 52.1 Å². The van der Waals surface area contributed by atoms with E-state index in [1.54, 1.807) is 42.5 Å². The first-order chi connectivity index (χ1) is 12.1. The number of imide groups is 1. The van der Waals surface area contributed by atoms with Gasteiger partial charge in [-0.3, -0.25) is 14.5 Å². The first-order valence-electron chi connectivity index (χ1n) is 7.77. The van der Waals surface area contributed by atoms with Crippen molar-refractivity contribution in [2.24, 2.45) is 0 Å². The second-order valence-corrected chi connectivity index (χ2v) is 7.08. The van der Waals surface area contributed by atoms with Crippen LogP contribution in [0.1, 0.15) is 27.1 Å². The first kappa shape index (κ1) is 16.2. The number of nitrogens with zero attached hydrogens (tertiary/aromatic N) is 2. The number of rotatable bonds is 5. The van der Waals surface area contributed by atoms with Crippen molar-refractivity contribution in [1.82, 2.24) is 9.88 Å². The largest absolute Gasteiger partial charge is 0.431 e. The molecular weight excluding hydrogens is 360 g/mol. The van der Waals surface area contributed by atoms with Gasteiger partial charge in [-0.25, -0.2) is 4.98 Å². The van der Waals surface area contributed by atoms with E-state index in [0.29, 0.717) is 45.7 Å². The molecule has 126 valence electrons. The highest BCUT2D eigenvalue weighted by Crippen LogP contribution is 2.27. The lowest BCUT2D eigenvalue weighted by Gasteiger charge is -2.12. The molecule has 1 aliphatic rings. The van der Waals surface area contributed by atoms with Crippen LogP contribution in [0.25, 0.3) is 11.1 Å². The van der Waals surface area contributed by atoms with E-state index in [2.05, 4.69) is 4.98 Å². The van der Waals surface area contributed by atoms with E-state index in [1.807, 2.05) is 0 Å². The lowest BCUT2D eigenvalue weighted by molar-refractivity contribution is 0.0655. The molecule has 1 aliphatic heterocycles. The summed E-state index contributed by atoms with van der Waals surface area (Å²) in [4.78, 5) is 30.2. The fraction of sp³-hybridized carbons (Fsp3) is 0.167. The lowest BCUT2D eigenvalue weighted by atomic mass is 10.1. The number of hydrogen-bond donors (Lipinski definition) is 0. The van der Waals surface area contributed by atoms with Gasteiger partial charge in [0.1, 0.15) is 5.52 Å². The number of carbonyl (C=O) groups is 2. The molecule has 0 unspecified atom stereocenters. The van der Waals surface area contributed by atoms with Gasteiger partial charge < -0.3 is 4.42 Å². The Hall–Kier alpha value is -2.31. The molecule has 1 aromatic heterocycles. The van der Waals surface area contributed by atoms with Gasteiger partial charge in [0.2, 0.25) is 0 Å². The minimum Gasteiger partial charge on any atom is -0.431 e. The Bertz CT molecular complexity index is 950. The van der Waals surface area contributed by atoms with Gasteiger partial charge in [0.25, 0.3) is 17.0 Å². The van der Waals surface area contributed by atoms with E-state index in [0.717, 1.165) is 5.52 Å². The molecular formula is C18H13ClN2O3S. The van der Waals surface area contributed by atoms with E-state index in [4.69, 9.17) is 16.0 Å². The number of thioether (sulfide) groups is 1. The van der Waals surface area contributed by atoms with Crippen molar-refractivity contribution in [1.29, 1.82) is 0 Å². The molecule has 5 nitrogen and oxygen atoms in total. The third kappa shape index (κ3) is 3.03. The molecule has 2 aromatic carbocycles. The van der Waals surface area contributed by atoms with Gasteiger partial charge in [-0.2, -0.15) is 0 Å². The molecule has 0 aliphatic carbocycles. The minimum absolute atomic E-state index is 0.220. The summed E-state index contributed by atoms with van der Waals surface area (Å²) >= 11 is 7.39. The summed E-state index contributed by atoms with van der Waals surface area (Å²) in [6, 6.07) is 12.2. The number of amides is 2. The summed E-state index contributed by atoms with van der Waals surface area (Å²) in [7, 11) is 0. The van der Waals surface area contributed by atoms with Crippen molar-refractivity contribution in [3.63, 3.8) is 0 Å². The van der Waals surface area contributed by atoms with E-state index < -0.39 is 0 Å². The average Bonchev–Trinajstić information content (AvgIpc) is 3.12. The predicted octanol–water partition coefficient (Wildman–Crippen LogP) is 4.26. The van der Waals surface area contributed by atoms with E-state index >= 15 is 0 Å². The fourth-order valence-corrected chi connectivity index (χ4v) is 3.69. The standard InChI is InChI=1S/C18H13ClN2O3S/c19-11-6-7-15-14(10-11)20-18(24-15)25-9-3-8-21-16(22)12-4-1-2-5-13(12)17(21)23/h1-2,4-7,10H,3,8-9H2. The second kappa shape index (κ2) is 6.54. The molecule has 0 atom stereocenters. The smallest absolute Gasteiger partial charge is 0.261 e. The molecule has 0 bridgehead atoms. The van der Waals surface area contributed by atoms with Crippen LogP contribution >= 0.6 is 23.4 Å². The van der Waals surface area contributed by atoms with E-state index in [9.17, 15) is 9.59 Å². The molecule has 3 aromatic rings. The Morgan fingerprint density at radius 3 is 2.52 bits per heavy atom. The van der Waals surface area contributed by atoms with Crippen LogP contribution in [0.2, 0.25) is 5.02 Å². The molecule has 2 amide bonds. The third-order valence-corrected chi connectivity index (χ3v) is 5.11. The molecule has 25 heavy (non-hydrogen) atoms. The zero-order chi connectivity index (χ0) is 17.4. The maximum atomic E-state index is 12.3. The number of halogens is 1. The quantitative estimate of drug-likeness (QED) is 0.380. The van der Waals surface area contributed by atoms with Gasteiger partial charge in [0.15, 0.2) is 5.58 Å². The molecule has 4 rings (SSSR count). The highest BCUT2D eigenvalue weighted by Gasteiger charge is 2.34. The van der Waals surface area contributed by atoms with Crippen LogP contribution in [-0.4, -0.2) is 34.0 Å². The van der Waals surface area contributed by atoms with Crippen LogP contribution in [0.3, 0.4) is 0 Å². The molecule has 0 radical (unpaired) electrons. The van der Waals surface area contributed by atoms with Crippen LogP contribution in [-0.2, 0) is 0 Å². The molecule has 7 heteroatoms. The van der Waals surface area contributed by atoms with E-state index in [-0.39, 0.29) is 11.8 Å². The molecule has 0 fully saturated rings. The topological polar surface area (TPSA) is 63.4 Å². The van der Waals surface area contributed by atoms with Gasteiger partial charge in [0, 0.05) is 17.3 Å². The molecule has 0 saturated carbocycles. The molecule has 0 saturated heterocycles. The van der Waals surface area contributed by atoms with E-state index in [1.165, 1.54) is 16.7 Å². The highest BCUT2D eigenvalue weighted by molar-refractivity contribution is 7.99. The number of carbonyl (C=O) groups excluding carboxylic acids is 2. The summed E-state index contributed by atoms with van der Waals surface area (Å²) in [5.41, 5.74) is 2.37. The number of benzene rings is 2. The third-order valence-electron chi connectivity index (χ3n) is 3.96. The Morgan fingerprint density at radius 1 is 1.08 bits per heavy atom. The van der Waals surface area contributed by atoms with Gasteiger partial charge >= 0.3 is 0 Å². The number of aromatic nitrogens is 1. The van der Waals surface area contributed by atoms with Crippen molar-refractivity contribution in [3.05, 3.63) is 58.6 Å². The maximum Gasteiger partial charge on any atom is 0.261 e. The lowest BCUT2D eigenvalue weighted by Crippen LogP contribution is -2.30. The SMILES string of the molecule is O=C1c2ccccc2C(=O)N1CCCSc1nc2cc(Cl)ccc2o1. The Balaban J connectivity index is 1.35. The second-order valence-electron chi connectivity index (χ2n) is 5.60. The zero-order valence-corrected chi connectivity index (χ0v) is 14.6. The van der Waals surface area contributed by atoms with Gasteiger partial charge in [0.05, 0.1) is 11.1 Å². The average molecular weight is 373 g/mol. The Morgan fingerprint density at radius 2 is 1.80 bits per heavy atom. The van der Waals surface area contributed by atoms with Gasteiger partial charge in [-0.1, -0.05) is 35.5 Å². The summed E-state index contributed by atoms with van der Waals surface area (Å²) in [6.45, 7) is 0.380. The van der Waals surface area contributed by atoms with Crippen molar-refractivity contribution in [2.45, 2.75) is 11.6 Å². The Kier molecular flexibility index (Phi) is 4.23. The number of oxazole rings is 1. The van der Waals surface area contributed by atoms with Gasteiger partial charge in [-0.05, 0) is 36.8 Å². The summed E-state index contributed by atoms with van der Waals surface area (Å²) in [5, 5.41) is 1.17.